The van der Waals surface area contributed by atoms with Gasteiger partial charge in [0.05, 0.1) is 11.1 Å². The van der Waals surface area contributed by atoms with E-state index in [9.17, 15) is 9.90 Å². The number of carbonyl (C=O) groups excluding carboxylic acids is 1. The Kier molecular flexibility index (Phi) is 7.28. The Labute approximate surface area is 123 Å². The Balaban J connectivity index is 2.29. The molecule has 0 aliphatic heterocycles. The summed E-state index contributed by atoms with van der Waals surface area (Å²) < 4.78 is 0. The first-order valence-electron chi connectivity index (χ1n) is 6.30. The maximum Gasteiger partial charge on any atom is 0.223 e. The molecule has 1 rings (SSSR count). The molecule has 1 N–H and O–H groups in total. The summed E-state index contributed by atoms with van der Waals surface area (Å²) in [6.07, 6.45) is 0.722. The lowest BCUT2D eigenvalue weighted by atomic mass is 10.2. The quantitative estimate of drug-likeness (QED) is 0.787. The minimum absolute atomic E-state index is 0.0974. The fourth-order valence-electron chi connectivity index (χ4n) is 1.51. The summed E-state index contributed by atoms with van der Waals surface area (Å²) in [4.78, 5) is 14.5. The van der Waals surface area contributed by atoms with Gasteiger partial charge in [0, 0.05) is 30.7 Å². The van der Waals surface area contributed by atoms with Crippen LogP contribution in [-0.4, -0.2) is 41.4 Å². The van der Waals surface area contributed by atoms with Crippen LogP contribution in [0.5, 0.6) is 0 Å². The van der Waals surface area contributed by atoms with Gasteiger partial charge in [0.25, 0.3) is 0 Å². The topological polar surface area (TPSA) is 40.5 Å². The zero-order valence-corrected chi connectivity index (χ0v) is 12.9. The third-order valence-corrected chi connectivity index (χ3v) is 4.24. The minimum atomic E-state index is -0.368. The highest BCUT2D eigenvalue weighted by Crippen LogP contribution is 2.26. The molecule has 1 amide bonds. The molecule has 1 aromatic rings. The summed E-state index contributed by atoms with van der Waals surface area (Å²) in [5.74, 6) is 0.807. The van der Waals surface area contributed by atoms with Gasteiger partial charge in [-0.15, -0.1) is 11.8 Å². The molecule has 1 unspecified atom stereocenters. The van der Waals surface area contributed by atoms with Crippen LogP contribution < -0.4 is 0 Å². The molecule has 0 aromatic heterocycles. The average Bonchev–Trinajstić information content (AvgIpc) is 2.38. The van der Waals surface area contributed by atoms with Crippen LogP contribution in [0.25, 0.3) is 0 Å². The fourth-order valence-corrected chi connectivity index (χ4v) is 2.68. The first-order chi connectivity index (χ1) is 9.00. The van der Waals surface area contributed by atoms with Gasteiger partial charge in [-0.3, -0.25) is 4.79 Å². The number of rotatable bonds is 7. The molecule has 5 heteroatoms. The molecular weight excluding hydrogens is 282 g/mol. The van der Waals surface area contributed by atoms with Gasteiger partial charge >= 0.3 is 0 Å². The first-order valence-corrected chi connectivity index (χ1v) is 7.66. The van der Waals surface area contributed by atoms with Gasteiger partial charge in [-0.25, -0.2) is 0 Å². The van der Waals surface area contributed by atoms with E-state index in [0.717, 1.165) is 9.92 Å². The molecule has 1 atom stereocenters. The summed E-state index contributed by atoms with van der Waals surface area (Å²) >= 11 is 7.63. The second-order valence-corrected chi connectivity index (χ2v) is 6.03. The minimum Gasteiger partial charge on any atom is -0.393 e. The lowest BCUT2D eigenvalue weighted by molar-refractivity contribution is -0.129. The molecule has 0 spiro atoms. The van der Waals surface area contributed by atoms with Crippen LogP contribution >= 0.6 is 23.4 Å². The van der Waals surface area contributed by atoms with Gasteiger partial charge in [0.1, 0.15) is 0 Å². The number of halogens is 1. The number of benzene rings is 1. The van der Waals surface area contributed by atoms with Crippen molar-refractivity contribution in [3.05, 3.63) is 29.3 Å². The van der Waals surface area contributed by atoms with E-state index in [-0.39, 0.29) is 12.0 Å². The number of amides is 1. The maximum atomic E-state index is 11.8. The Bertz CT molecular complexity index is 412. The Hall–Kier alpha value is -0.710. The molecule has 0 aliphatic rings. The Morgan fingerprint density at radius 1 is 1.47 bits per heavy atom. The molecule has 0 aliphatic carbocycles. The number of carbonyl (C=O) groups is 1. The van der Waals surface area contributed by atoms with Crippen molar-refractivity contribution in [2.24, 2.45) is 0 Å². The third kappa shape index (κ3) is 6.32. The van der Waals surface area contributed by atoms with Crippen LogP contribution in [0.4, 0.5) is 0 Å². The smallest absolute Gasteiger partial charge is 0.223 e. The SMILES string of the molecule is CC(O)CCN(C)C(=O)CCSc1ccccc1Cl. The van der Waals surface area contributed by atoms with Gasteiger partial charge in [-0.1, -0.05) is 23.7 Å². The average molecular weight is 302 g/mol. The number of hydrogen-bond donors (Lipinski definition) is 1. The fraction of sp³-hybridized carbons (Fsp3) is 0.500. The molecule has 0 bridgehead atoms. The van der Waals surface area contributed by atoms with E-state index < -0.39 is 0 Å². The largest absolute Gasteiger partial charge is 0.393 e. The van der Waals surface area contributed by atoms with Crippen molar-refractivity contribution < 1.29 is 9.90 Å². The molecule has 0 radical (unpaired) electrons. The number of thioether (sulfide) groups is 1. The van der Waals surface area contributed by atoms with Crippen LogP contribution in [0.2, 0.25) is 5.02 Å². The number of nitrogens with zero attached hydrogens (tertiary/aromatic N) is 1. The van der Waals surface area contributed by atoms with Crippen molar-refractivity contribution in [2.75, 3.05) is 19.3 Å². The van der Waals surface area contributed by atoms with Gasteiger partial charge in [0.2, 0.25) is 5.91 Å². The highest BCUT2D eigenvalue weighted by Gasteiger charge is 2.10. The van der Waals surface area contributed by atoms with Crippen molar-refractivity contribution in [3.8, 4) is 0 Å². The Morgan fingerprint density at radius 3 is 2.79 bits per heavy atom. The predicted molar refractivity (Wildman–Crippen MR) is 80.7 cm³/mol. The molecule has 3 nitrogen and oxygen atoms in total. The lowest BCUT2D eigenvalue weighted by Gasteiger charge is -2.17. The maximum absolute atomic E-state index is 11.8. The van der Waals surface area contributed by atoms with E-state index in [1.54, 1.807) is 30.6 Å². The van der Waals surface area contributed by atoms with Crippen molar-refractivity contribution in [1.29, 1.82) is 0 Å². The van der Waals surface area contributed by atoms with Crippen LogP contribution in [-0.2, 0) is 4.79 Å². The number of hydrogen-bond acceptors (Lipinski definition) is 3. The van der Waals surface area contributed by atoms with E-state index in [4.69, 9.17) is 11.6 Å². The van der Waals surface area contributed by atoms with E-state index in [0.29, 0.717) is 25.1 Å². The zero-order chi connectivity index (χ0) is 14.3. The summed E-state index contributed by atoms with van der Waals surface area (Å²) in [6.45, 7) is 2.32. The molecule has 0 saturated heterocycles. The van der Waals surface area contributed by atoms with Crippen molar-refractivity contribution in [1.82, 2.24) is 4.90 Å². The standard InChI is InChI=1S/C14H20ClNO2S/c1-11(17)7-9-16(2)14(18)8-10-19-13-6-4-3-5-12(13)15/h3-6,11,17H,7-10H2,1-2H3. The van der Waals surface area contributed by atoms with Crippen LogP contribution in [0.3, 0.4) is 0 Å². The Morgan fingerprint density at radius 2 is 2.16 bits per heavy atom. The molecule has 0 heterocycles. The summed E-state index contributed by atoms with van der Waals surface area (Å²) in [5.41, 5.74) is 0. The van der Waals surface area contributed by atoms with Gasteiger partial charge in [-0.2, -0.15) is 0 Å². The number of aliphatic hydroxyl groups is 1. The van der Waals surface area contributed by atoms with Gasteiger partial charge < -0.3 is 10.0 Å². The normalized spacial score (nSPS) is 12.2. The van der Waals surface area contributed by atoms with Crippen LogP contribution in [0.1, 0.15) is 19.8 Å². The molecular formula is C14H20ClNO2S. The van der Waals surface area contributed by atoms with E-state index in [1.807, 2.05) is 24.3 Å². The van der Waals surface area contributed by atoms with Gasteiger partial charge in [-0.05, 0) is 25.5 Å². The lowest BCUT2D eigenvalue weighted by Crippen LogP contribution is -2.29. The summed E-state index contributed by atoms with van der Waals surface area (Å²) in [6, 6.07) is 7.63. The van der Waals surface area contributed by atoms with E-state index in [2.05, 4.69) is 0 Å². The molecule has 0 fully saturated rings. The predicted octanol–water partition coefficient (Wildman–Crippen LogP) is 3.05. The summed E-state index contributed by atoms with van der Waals surface area (Å²) in [7, 11) is 1.77. The van der Waals surface area contributed by atoms with Gasteiger partial charge in [0.15, 0.2) is 0 Å². The molecule has 0 saturated carbocycles. The van der Waals surface area contributed by atoms with Crippen molar-refractivity contribution >= 4 is 29.3 Å². The van der Waals surface area contributed by atoms with E-state index in [1.165, 1.54) is 0 Å². The zero-order valence-electron chi connectivity index (χ0n) is 11.3. The second kappa shape index (κ2) is 8.46. The molecule has 1 aromatic carbocycles. The number of aliphatic hydroxyl groups excluding tert-OH is 1. The van der Waals surface area contributed by atoms with Crippen LogP contribution in [0.15, 0.2) is 29.2 Å². The van der Waals surface area contributed by atoms with E-state index >= 15 is 0 Å². The van der Waals surface area contributed by atoms with Crippen molar-refractivity contribution in [2.45, 2.75) is 30.8 Å². The van der Waals surface area contributed by atoms with Crippen molar-refractivity contribution in [3.63, 3.8) is 0 Å². The van der Waals surface area contributed by atoms with Crippen LogP contribution in [0, 0.1) is 0 Å². The second-order valence-electron chi connectivity index (χ2n) is 4.48. The molecule has 19 heavy (non-hydrogen) atoms. The summed E-state index contributed by atoms with van der Waals surface area (Å²) in [5, 5.41) is 9.91. The molecule has 106 valence electrons. The monoisotopic (exact) mass is 301 g/mol. The third-order valence-electron chi connectivity index (χ3n) is 2.72. The first kappa shape index (κ1) is 16.3. The highest BCUT2D eigenvalue weighted by atomic mass is 35.5. The highest BCUT2D eigenvalue weighted by molar-refractivity contribution is 7.99.